The van der Waals surface area contributed by atoms with Crippen LogP contribution in [-0.2, 0) is 20.3 Å². The van der Waals surface area contributed by atoms with Crippen molar-refractivity contribution in [1.29, 1.82) is 0 Å². The van der Waals surface area contributed by atoms with Crippen molar-refractivity contribution >= 4 is 20.9 Å². The van der Waals surface area contributed by atoms with Gasteiger partial charge in [0.25, 0.3) is 0 Å². The maximum atomic E-state index is 6.27. The molecule has 142 valence electrons. The first-order chi connectivity index (χ1) is 11.2. The van der Waals surface area contributed by atoms with Crippen molar-refractivity contribution in [2.45, 2.75) is 91.3 Å². The minimum absolute atomic E-state index is 0.222. The van der Waals surface area contributed by atoms with Crippen LogP contribution in [0.4, 0.5) is 0 Å². The van der Waals surface area contributed by atoms with E-state index in [9.17, 15) is 0 Å². The molecule has 2 heterocycles. The fraction of sp³-hybridized carbons (Fsp3) is 0.833. The molecular formula is C18H35BN2O3Si. The second kappa shape index (κ2) is 6.52. The first-order valence-electron chi connectivity index (χ1n) is 9.20. The zero-order chi connectivity index (χ0) is 19.3. The second-order valence-corrected chi connectivity index (χ2v) is 14.4. The summed E-state index contributed by atoms with van der Waals surface area (Å²) in [6, 6.07) is 0. The lowest BCUT2D eigenvalue weighted by Gasteiger charge is -2.36. The third-order valence-corrected chi connectivity index (χ3v) is 10.8. The zero-order valence-electron chi connectivity index (χ0n) is 17.7. The van der Waals surface area contributed by atoms with E-state index in [0.29, 0.717) is 6.61 Å². The van der Waals surface area contributed by atoms with Crippen molar-refractivity contribution in [3.8, 4) is 0 Å². The molecule has 0 spiro atoms. The van der Waals surface area contributed by atoms with Crippen LogP contribution >= 0.6 is 0 Å². The summed E-state index contributed by atoms with van der Waals surface area (Å²) in [6.07, 6.45) is 1.86. The molecule has 1 aromatic heterocycles. The van der Waals surface area contributed by atoms with E-state index in [2.05, 4.69) is 73.6 Å². The Morgan fingerprint density at radius 2 is 1.68 bits per heavy atom. The van der Waals surface area contributed by atoms with E-state index >= 15 is 0 Å². The molecule has 0 atom stereocenters. The molecule has 2 rings (SSSR count). The molecule has 5 nitrogen and oxygen atoms in total. The van der Waals surface area contributed by atoms with E-state index in [1.807, 2.05) is 10.9 Å². The summed E-state index contributed by atoms with van der Waals surface area (Å²) in [7, 11) is -2.08. The van der Waals surface area contributed by atoms with Gasteiger partial charge >= 0.3 is 7.12 Å². The van der Waals surface area contributed by atoms with Gasteiger partial charge in [0, 0.05) is 17.4 Å². The van der Waals surface area contributed by atoms with Crippen molar-refractivity contribution in [3.05, 3.63) is 11.9 Å². The molecule has 0 aromatic carbocycles. The topological polar surface area (TPSA) is 45.5 Å². The number of rotatable bonds is 5. The summed E-state index contributed by atoms with van der Waals surface area (Å²) in [5.41, 5.74) is 1.42. The summed E-state index contributed by atoms with van der Waals surface area (Å²) < 4.78 is 20.6. The molecule has 0 unspecified atom stereocenters. The molecular weight excluding hydrogens is 331 g/mol. The third-order valence-electron chi connectivity index (χ3n) is 6.22. The summed E-state index contributed by atoms with van der Waals surface area (Å²) >= 11 is 0. The Bertz CT molecular complexity index is 604. The Kier molecular flexibility index (Phi) is 5.39. The zero-order valence-corrected chi connectivity index (χ0v) is 18.7. The number of hydrogen-bond acceptors (Lipinski definition) is 4. The predicted octanol–water partition coefficient (Wildman–Crippen LogP) is 3.51. The average Bonchev–Trinajstić information content (AvgIpc) is 2.86. The van der Waals surface area contributed by atoms with Crippen LogP contribution in [0.3, 0.4) is 0 Å². The van der Waals surface area contributed by atoms with E-state index in [-0.39, 0.29) is 23.4 Å². The molecule has 0 amide bonds. The SMILES string of the molecule is Cc1c(B2OC(C)(C)C(C)(C)O2)cnn1CCO[Si](C)(C)C(C)(C)C. The maximum Gasteiger partial charge on any atom is 0.498 e. The molecule has 25 heavy (non-hydrogen) atoms. The van der Waals surface area contributed by atoms with Gasteiger partial charge in [-0.15, -0.1) is 0 Å². The lowest BCUT2D eigenvalue weighted by molar-refractivity contribution is 0.00578. The van der Waals surface area contributed by atoms with E-state index in [0.717, 1.165) is 17.7 Å². The minimum atomic E-state index is -1.72. The van der Waals surface area contributed by atoms with Crippen molar-refractivity contribution in [2.75, 3.05) is 6.61 Å². The largest absolute Gasteiger partial charge is 0.498 e. The molecule has 0 radical (unpaired) electrons. The Morgan fingerprint density at radius 3 is 2.16 bits per heavy atom. The van der Waals surface area contributed by atoms with E-state index in [4.69, 9.17) is 13.7 Å². The lowest BCUT2D eigenvalue weighted by atomic mass is 9.79. The van der Waals surface area contributed by atoms with Crippen LogP contribution in [-0.4, -0.2) is 43.0 Å². The Balaban J connectivity index is 2.03. The molecule has 1 fully saturated rings. The number of hydrogen-bond donors (Lipinski definition) is 0. The summed E-state index contributed by atoms with van der Waals surface area (Å²) in [4.78, 5) is 0. The van der Waals surface area contributed by atoms with Gasteiger partial charge in [-0.1, -0.05) is 20.8 Å². The van der Waals surface area contributed by atoms with Crippen molar-refractivity contribution in [1.82, 2.24) is 9.78 Å². The summed E-state index contributed by atoms with van der Waals surface area (Å²) in [5.74, 6) is 0. The van der Waals surface area contributed by atoms with E-state index in [1.54, 1.807) is 0 Å². The first-order valence-corrected chi connectivity index (χ1v) is 12.1. The van der Waals surface area contributed by atoms with E-state index in [1.165, 1.54) is 0 Å². The fourth-order valence-corrected chi connectivity index (χ4v) is 3.53. The van der Waals surface area contributed by atoms with Gasteiger partial charge in [-0.2, -0.15) is 5.10 Å². The Morgan fingerprint density at radius 1 is 1.16 bits per heavy atom. The van der Waals surface area contributed by atoms with Gasteiger partial charge < -0.3 is 13.7 Å². The normalized spacial score (nSPS) is 20.3. The minimum Gasteiger partial charge on any atom is -0.415 e. The highest BCUT2D eigenvalue weighted by Gasteiger charge is 2.52. The van der Waals surface area contributed by atoms with Crippen LogP contribution in [0.1, 0.15) is 54.2 Å². The van der Waals surface area contributed by atoms with Gasteiger partial charge in [-0.25, -0.2) is 0 Å². The molecule has 0 bridgehead atoms. The van der Waals surface area contributed by atoms with E-state index < -0.39 is 8.32 Å². The van der Waals surface area contributed by atoms with Gasteiger partial charge in [0.1, 0.15) is 0 Å². The van der Waals surface area contributed by atoms with Gasteiger partial charge in [-0.05, 0) is 52.8 Å². The number of aromatic nitrogens is 2. The summed E-state index contributed by atoms with van der Waals surface area (Å²) in [6.45, 7) is 23.1. The monoisotopic (exact) mass is 366 g/mol. The highest BCUT2D eigenvalue weighted by molar-refractivity contribution is 6.74. The van der Waals surface area contributed by atoms with Crippen molar-refractivity contribution in [3.63, 3.8) is 0 Å². The molecule has 7 heteroatoms. The standard InChI is InChI=1S/C18H35BN2O3Si/c1-14-15(19-23-17(5,6)18(7,8)24-19)13-20-21(14)11-12-22-25(9,10)16(2,3)4/h13H,11-12H2,1-10H3. The second-order valence-electron chi connectivity index (χ2n) is 9.61. The fourth-order valence-electron chi connectivity index (χ4n) is 2.49. The highest BCUT2D eigenvalue weighted by Crippen LogP contribution is 2.37. The first kappa shape index (κ1) is 20.7. The molecule has 0 N–H and O–H groups in total. The number of nitrogens with zero attached hydrogens (tertiary/aromatic N) is 2. The van der Waals surface area contributed by atoms with Crippen molar-refractivity contribution in [2.24, 2.45) is 0 Å². The summed E-state index contributed by atoms with van der Waals surface area (Å²) in [5, 5.41) is 4.75. The molecule has 0 aliphatic carbocycles. The van der Waals surface area contributed by atoms with Crippen LogP contribution in [0, 0.1) is 6.92 Å². The lowest BCUT2D eigenvalue weighted by Crippen LogP contribution is -2.41. The van der Waals surface area contributed by atoms with Gasteiger partial charge in [0.2, 0.25) is 0 Å². The van der Waals surface area contributed by atoms with Gasteiger partial charge in [-0.3, -0.25) is 4.68 Å². The molecule has 1 aliphatic rings. The Labute approximate surface area is 154 Å². The molecule has 1 saturated heterocycles. The quantitative estimate of drug-likeness (QED) is 0.748. The van der Waals surface area contributed by atoms with Gasteiger partial charge in [0.05, 0.1) is 24.4 Å². The molecule has 1 aliphatic heterocycles. The molecule has 1 aromatic rings. The Hall–Kier alpha value is -0.628. The molecule has 0 saturated carbocycles. The third kappa shape index (κ3) is 4.05. The highest BCUT2D eigenvalue weighted by atomic mass is 28.4. The maximum absolute atomic E-state index is 6.27. The van der Waals surface area contributed by atoms with Crippen LogP contribution in [0.25, 0.3) is 0 Å². The van der Waals surface area contributed by atoms with Crippen LogP contribution < -0.4 is 5.46 Å². The van der Waals surface area contributed by atoms with Crippen LogP contribution in [0.2, 0.25) is 18.1 Å². The van der Waals surface area contributed by atoms with Crippen LogP contribution in [0.15, 0.2) is 6.20 Å². The van der Waals surface area contributed by atoms with Crippen LogP contribution in [0.5, 0.6) is 0 Å². The van der Waals surface area contributed by atoms with Gasteiger partial charge in [0.15, 0.2) is 8.32 Å². The predicted molar refractivity (Wildman–Crippen MR) is 106 cm³/mol. The van der Waals surface area contributed by atoms with Crippen molar-refractivity contribution < 1.29 is 13.7 Å². The average molecular weight is 366 g/mol. The smallest absolute Gasteiger partial charge is 0.415 e.